The van der Waals surface area contributed by atoms with Gasteiger partial charge in [-0.05, 0) is 36.6 Å². The van der Waals surface area contributed by atoms with Crippen molar-refractivity contribution in [3.63, 3.8) is 0 Å². The number of esters is 2. The Bertz CT molecular complexity index is 786. The first kappa shape index (κ1) is 21.0. The van der Waals surface area contributed by atoms with E-state index in [0.717, 1.165) is 0 Å². The second-order valence-corrected chi connectivity index (χ2v) is 6.20. The number of carbonyl (C=O) groups excluding carboxylic acids is 3. The minimum Gasteiger partial charge on any atom is -0.497 e. The summed E-state index contributed by atoms with van der Waals surface area (Å²) >= 11 is 0. The molecule has 2 rings (SSSR count). The summed E-state index contributed by atoms with van der Waals surface area (Å²) in [5, 5.41) is 9.19. The molecule has 0 aromatic heterocycles. The molecular weight excluding hydrogens is 364 g/mol. The zero-order chi connectivity index (χ0) is 20.5. The molecule has 0 unspecified atom stereocenters. The number of carbonyl (C=O) groups is 3. The zero-order valence-corrected chi connectivity index (χ0v) is 15.8. The van der Waals surface area contributed by atoms with Crippen molar-refractivity contribution in [2.45, 2.75) is 12.8 Å². The molecule has 1 aliphatic heterocycles. The van der Waals surface area contributed by atoms with Gasteiger partial charge in [0.05, 0.1) is 20.1 Å². The van der Waals surface area contributed by atoms with Gasteiger partial charge in [-0.25, -0.2) is 4.79 Å². The topological polar surface area (TPSA) is 106 Å². The summed E-state index contributed by atoms with van der Waals surface area (Å²) < 4.78 is 14.7. The predicted molar refractivity (Wildman–Crippen MR) is 98.9 cm³/mol. The highest BCUT2D eigenvalue weighted by Gasteiger charge is 2.28. The average molecular weight is 386 g/mol. The van der Waals surface area contributed by atoms with Crippen LogP contribution in [-0.4, -0.2) is 56.7 Å². The lowest BCUT2D eigenvalue weighted by Crippen LogP contribution is -2.42. The molecule has 28 heavy (non-hydrogen) atoms. The maximum atomic E-state index is 12.2. The normalized spacial score (nSPS) is 14.8. The number of rotatable bonds is 6. The highest BCUT2D eigenvalue weighted by Crippen LogP contribution is 2.19. The third kappa shape index (κ3) is 5.58. The quantitative estimate of drug-likeness (QED) is 0.415. The summed E-state index contributed by atoms with van der Waals surface area (Å²) in [4.78, 5) is 37.4. The fourth-order valence-corrected chi connectivity index (χ4v) is 2.83. The van der Waals surface area contributed by atoms with Gasteiger partial charge in [-0.15, -0.1) is 0 Å². The molecule has 1 saturated heterocycles. The molecule has 0 aliphatic carbocycles. The zero-order valence-electron chi connectivity index (χ0n) is 15.8. The molecule has 1 aromatic carbocycles. The Hall–Kier alpha value is -3.34. The van der Waals surface area contributed by atoms with Crippen LogP contribution in [0.1, 0.15) is 18.4 Å². The van der Waals surface area contributed by atoms with E-state index in [1.165, 1.54) is 25.2 Å². The van der Waals surface area contributed by atoms with Gasteiger partial charge in [-0.3, -0.25) is 9.59 Å². The number of likely N-dealkylation sites (tertiary alicyclic amines) is 1. The van der Waals surface area contributed by atoms with Crippen LogP contribution >= 0.6 is 0 Å². The van der Waals surface area contributed by atoms with Crippen LogP contribution in [0.4, 0.5) is 0 Å². The average Bonchev–Trinajstić information content (AvgIpc) is 2.75. The highest BCUT2D eigenvalue weighted by atomic mass is 16.5. The summed E-state index contributed by atoms with van der Waals surface area (Å²) in [7, 11) is 2.88. The van der Waals surface area contributed by atoms with E-state index in [-0.39, 0.29) is 23.4 Å². The van der Waals surface area contributed by atoms with Crippen molar-refractivity contribution < 1.29 is 28.6 Å². The van der Waals surface area contributed by atoms with Crippen LogP contribution in [0.2, 0.25) is 0 Å². The van der Waals surface area contributed by atoms with E-state index in [4.69, 9.17) is 14.2 Å². The number of benzene rings is 1. The van der Waals surface area contributed by atoms with Crippen molar-refractivity contribution in [1.82, 2.24) is 4.90 Å². The van der Waals surface area contributed by atoms with Crippen molar-refractivity contribution in [3.05, 3.63) is 35.4 Å². The summed E-state index contributed by atoms with van der Waals surface area (Å²) in [5.41, 5.74) is 0.424. The molecule has 0 N–H and O–H groups in total. The van der Waals surface area contributed by atoms with Gasteiger partial charge in [-0.2, -0.15) is 5.26 Å². The molecular formula is C20H22N2O6. The van der Waals surface area contributed by atoms with Crippen LogP contribution < -0.4 is 4.74 Å². The monoisotopic (exact) mass is 386 g/mol. The Balaban J connectivity index is 1.87. The molecule has 0 radical (unpaired) electrons. The summed E-state index contributed by atoms with van der Waals surface area (Å²) in [6.07, 6.45) is 2.40. The van der Waals surface area contributed by atoms with Gasteiger partial charge >= 0.3 is 11.9 Å². The molecule has 8 nitrogen and oxygen atoms in total. The first-order chi connectivity index (χ1) is 13.5. The molecule has 148 valence electrons. The molecule has 1 fully saturated rings. The lowest BCUT2D eigenvalue weighted by atomic mass is 9.97. The van der Waals surface area contributed by atoms with Crippen molar-refractivity contribution in [1.29, 1.82) is 5.26 Å². The minimum atomic E-state index is -0.865. The maximum Gasteiger partial charge on any atom is 0.349 e. The molecule has 0 atom stereocenters. The predicted octanol–water partition coefficient (Wildman–Crippen LogP) is 1.56. The third-order valence-electron chi connectivity index (χ3n) is 4.48. The first-order valence-corrected chi connectivity index (χ1v) is 8.77. The van der Waals surface area contributed by atoms with Gasteiger partial charge in [0.2, 0.25) is 0 Å². The first-order valence-electron chi connectivity index (χ1n) is 8.77. The molecule has 0 saturated carbocycles. The van der Waals surface area contributed by atoms with Crippen LogP contribution in [0.5, 0.6) is 5.75 Å². The lowest BCUT2D eigenvalue weighted by Gasteiger charge is -2.30. The number of piperidine rings is 1. The van der Waals surface area contributed by atoms with E-state index in [0.29, 0.717) is 37.2 Å². The van der Waals surface area contributed by atoms with E-state index >= 15 is 0 Å². The largest absolute Gasteiger partial charge is 0.497 e. The molecule has 1 heterocycles. The van der Waals surface area contributed by atoms with Gasteiger partial charge < -0.3 is 19.1 Å². The standard InChI is InChI=1S/C20H22N2O6/c1-26-17-5-3-14(4-6-17)11-16(12-21)20(25)28-13-18(23)22-9-7-15(8-10-22)19(24)27-2/h3-6,11,15H,7-10,13H2,1-2H3/b16-11+. The van der Waals surface area contributed by atoms with Crippen LogP contribution in [0.3, 0.4) is 0 Å². The molecule has 1 aliphatic rings. The maximum absolute atomic E-state index is 12.2. The number of methoxy groups -OCH3 is 2. The van der Waals surface area contributed by atoms with Crippen LogP contribution in [0, 0.1) is 17.2 Å². The fourth-order valence-electron chi connectivity index (χ4n) is 2.83. The van der Waals surface area contributed by atoms with Crippen molar-refractivity contribution in [2.24, 2.45) is 5.92 Å². The number of hydrogen-bond acceptors (Lipinski definition) is 7. The fraction of sp³-hybridized carbons (Fsp3) is 0.400. The highest BCUT2D eigenvalue weighted by molar-refractivity contribution is 5.98. The van der Waals surface area contributed by atoms with Gasteiger partial charge in [0.15, 0.2) is 6.61 Å². The molecule has 1 amide bonds. The number of ether oxygens (including phenoxy) is 3. The Morgan fingerprint density at radius 3 is 2.36 bits per heavy atom. The molecule has 1 aromatic rings. The lowest BCUT2D eigenvalue weighted by molar-refractivity contribution is -0.152. The smallest absolute Gasteiger partial charge is 0.349 e. The van der Waals surface area contributed by atoms with Gasteiger partial charge in [-0.1, -0.05) is 12.1 Å². The molecule has 0 bridgehead atoms. The Labute approximate surface area is 163 Å². The Kier molecular flexibility index (Phi) is 7.57. The Morgan fingerprint density at radius 1 is 1.18 bits per heavy atom. The van der Waals surface area contributed by atoms with E-state index < -0.39 is 12.6 Å². The number of nitrogens with zero attached hydrogens (tertiary/aromatic N) is 2. The molecule has 0 spiro atoms. The van der Waals surface area contributed by atoms with Gasteiger partial charge in [0.25, 0.3) is 5.91 Å². The number of hydrogen-bond donors (Lipinski definition) is 0. The van der Waals surface area contributed by atoms with Crippen molar-refractivity contribution in [3.8, 4) is 11.8 Å². The number of nitriles is 1. The van der Waals surface area contributed by atoms with Gasteiger partial charge in [0.1, 0.15) is 17.4 Å². The summed E-state index contributed by atoms with van der Waals surface area (Å²) in [5.74, 6) is -1.07. The SMILES string of the molecule is COC(=O)C1CCN(C(=O)COC(=O)/C(C#N)=C/c2ccc(OC)cc2)CC1. The Morgan fingerprint density at radius 2 is 1.82 bits per heavy atom. The third-order valence-corrected chi connectivity index (χ3v) is 4.48. The summed E-state index contributed by atoms with van der Waals surface area (Å²) in [6.45, 7) is 0.329. The van der Waals surface area contributed by atoms with Crippen molar-refractivity contribution in [2.75, 3.05) is 33.9 Å². The van der Waals surface area contributed by atoms with Gasteiger partial charge in [0, 0.05) is 13.1 Å². The minimum absolute atomic E-state index is 0.206. The van der Waals surface area contributed by atoms with Crippen LogP contribution in [0.15, 0.2) is 29.8 Å². The summed E-state index contributed by atoms with van der Waals surface area (Å²) in [6, 6.07) is 8.58. The second kappa shape index (κ2) is 10.1. The van der Waals surface area contributed by atoms with E-state index in [1.54, 1.807) is 30.3 Å². The molecule has 8 heteroatoms. The van der Waals surface area contributed by atoms with E-state index in [2.05, 4.69) is 0 Å². The van der Waals surface area contributed by atoms with E-state index in [1.807, 2.05) is 0 Å². The number of amides is 1. The van der Waals surface area contributed by atoms with Crippen LogP contribution in [0.25, 0.3) is 6.08 Å². The second-order valence-electron chi connectivity index (χ2n) is 6.20. The van der Waals surface area contributed by atoms with Crippen molar-refractivity contribution >= 4 is 23.9 Å². The van der Waals surface area contributed by atoms with Crippen LogP contribution in [-0.2, 0) is 23.9 Å². The van der Waals surface area contributed by atoms with E-state index in [9.17, 15) is 19.6 Å².